The van der Waals surface area contributed by atoms with E-state index in [1.54, 1.807) is 13.0 Å². The van der Waals surface area contributed by atoms with E-state index in [-0.39, 0.29) is 5.56 Å². The molecule has 0 aliphatic rings. The summed E-state index contributed by atoms with van der Waals surface area (Å²) >= 11 is 4.41. The lowest BCUT2D eigenvalue weighted by Gasteiger charge is -2.14. The highest BCUT2D eigenvalue weighted by molar-refractivity contribution is 9.11. The molecule has 2 aromatic rings. The van der Waals surface area contributed by atoms with E-state index in [2.05, 4.69) is 15.9 Å². The fourth-order valence-electron chi connectivity index (χ4n) is 1.75. The van der Waals surface area contributed by atoms with Crippen molar-refractivity contribution >= 4 is 27.3 Å². The first-order valence-corrected chi connectivity index (χ1v) is 7.12. The summed E-state index contributed by atoms with van der Waals surface area (Å²) in [7, 11) is 0. The molecule has 0 spiro atoms. The number of rotatable bonds is 2. The van der Waals surface area contributed by atoms with Gasteiger partial charge in [-0.3, -0.25) is 0 Å². The Kier molecular flexibility index (Phi) is 4.22. The Morgan fingerprint density at radius 2 is 1.95 bits per heavy atom. The lowest BCUT2D eigenvalue weighted by atomic mass is 10.0. The molecule has 0 bridgehead atoms. The van der Waals surface area contributed by atoms with Gasteiger partial charge in [0.15, 0.2) is 0 Å². The largest absolute Gasteiger partial charge is 0.419 e. The molecule has 1 N–H and O–H groups in total. The van der Waals surface area contributed by atoms with Crippen molar-refractivity contribution in [3.05, 3.63) is 55.4 Å². The Balaban J connectivity index is 2.48. The summed E-state index contributed by atoms with van der Waals surface area (Å²) in [5.74, 6) is -1.44. The third-order valence-electron chi connectivity index (χ3n) is 2.77. The van der Waals surface area contributed by atoms with Crippen molar-refractivity contribution in [1.82, 2.24) is 0 Å². The molecule has 1 nitrogen and oxygen atoms in total. The van der Waals surface area contributed by atoms with Gasteiger partial charge in [0, 0.05) is 10.4 Å². The number of aryl methyl sites for hydroxylation is 1. The average Bonchev–Trinajstić information content (AvgIpc) is 2.67. The van der Waals surface area contributed by atoms with Gasteiger partial charge in [-0.2, -0.15) is 13.2 Å². The highest BCUT2D eigenvalue weighted by atomic mass is 79.9. The van der Waals surface area contributed by atoms with Crippen LogP contribution in [0.1, 0.15) is 27.7 Å². The summed E-state index contributed by atoms with van der Waals surface area (Å²) in [6.45, 7) is 1.78. The normalized spacial score (nSPS) is 13.6. The summed E-state index contributed by atoms with van der Waals surface area (Å²) in [5.41, 5.74) is -0.925. The Hall–Kier alpha value is -0.920. The zero-order chi connectivity index (χ0) is 15.1. The van der Waals surface area contributed by atoms with Gasteiger partial charge in [0.2, 0.25) is 0 Å². The van der Waals surface area contributed by atoms with Crippen LogP contribution < -0.4 is 0 Å². The van der Waals surface area contributed by atoms with E-state index in [1.807, 2.05) is 0 Å². The second kappa shape index (κ2) is 5.46. The topological polar surface area (TPSA) is 20.2 Å². The molecule has 1 unspecified atom stereocenters. The summed E-state index contributed by atoms with van der Waals surface area (Å²) in [4.78, 5) is 0.382. The fourth-order valence-corrected chi connectivity index (χ4v) is 3.33. The molecule has 1 heterocycles. The lowest BCUT2D eigenvalue weighted by molar-refractivity contribution is -0.140. The van der Waals surface area contributed by atoms with Gasteiger partial charge in [0.05, 0.1) is 9.35 Å². The van der Waals surface area contributed by atoms with Gasteiger partial charge in [0.1, 0.15) is 11.9 Å². The van der Waals surface area contributed by atoms with Gasteiger partial charge in [-0.05, 0) is 40.5 Å². The number of thiophene rings is 1. The van der Waals surface area contributed by atoms with Gasteiger partial charge in [-0.25, -0.2) is 4.39 Å². The van der Waals surface area contributed by atoms with Crippen molar-refractivity contribution in [3.8, 4) is 0 Å². The van der Waals surface area contributed by atoms with Crippen molar-refractivity contribution in [2.45, 2.75) is 19.2 Å². The van der Waals surface area contributed by atoms with Crippen LogP contribution in [0.3, 0.4) is 0 Å². The summed E-state index contributed by atoms with van der Waals surface area (Å²) < 4.78 is 52.6. The minimum Gasteiger partial charge on any atom is -0.383 e. The predicted octanol–water partition coefficient (Wildman–Crippen LogP) is 5.06. The van der Waals surface area contributed by atoms with Crippen LogP contribution >= 0.6 is 27.3 Å². The number of benzene rings is 1. The number of alkyl halides is 3. The molecule has 1 aromatic heterocycles. The van der Waals surface area contributed by atoms with Gasteiger partial charge in [-0.15, -0.1) is 11.3 Å². The number of aliphatic hydroxyl groups excluding tert-OH is 1. The molecule has 1 atom stereocenters. The number of hydrogen-bond acceptors (Lipinski definition) is 2. The van der Waals surface area contributed by atoms with Crippen LogP contribution in [0, 0.1) is 12.7 Å². The van der Waals surface area contributed by atoms with E-state index in [0.717, 1.165) is 32.8 Å². The SMILES string of the molecule is Cc1cc(C(O)c2cccc(C(F)(F)F)c2F)sc1Br. The average molecular weight is 369 g/mol. The molecule has 0 aliphatic heterocycles. The number of aliphatic hydroxyl groups is 1. The second-order valence-electron chi connectivity index (χ2n) is 4.21. The molecule has 0 fully saturated rings. The number of hydrogen-bond donors (Lipinski definition) is 1. The Bertz CT molecular complexity index is 616. The lowest BCUT2D eigenvalue weighted by Crippen LogP contribution is -2.11. The molecule has 7 heteroatoms. The summed E-state index contributed by atoms with van der Waals surface area (Å²) in [6.07, 6.45) is -6.21. The van der Waals surface area contributed by atoms with Crippen LogP contribution in [0.5, 0.6) is 0 Å². The second-order valence-corrected chi connectivity index (χ2v) is 6.62. The van der Waals surface area contributed by atoms with E-state index in [4.69, 9.17) is 0 Å². The van der Waals surface area contributed by atoms with Gasteiger partial charge < -0.3 is 5.11 Å². The first-order chi connectivity index (χ1) is 9.21. The maximum absolute atomic E-state index is 13.9. The Morgan fingerprint density at radius 3 is 2.45 bits per heavy atom. The highest BCUT2D eigenvalue weighted by Crippen LogP contribution is 2.38. The summed E-state index contributed by atoms with van der Waals surface area (Å²) in [6, 6.07) is 4.50. The van der Waals surface area contributed by atoms with Crippen molar-refractivity contribution in [1.29, 1.82) is 0 Å². The van der Waals surface area contributed by atoms with Crippen LogP contribution in [0.15, 0.2) is 28.1 Å². The number of halogens is 5. The monoisotopic (exact) mass is 368 g/mol. The molecule has 1 aromatic carbocycles. The van der Waals surface area contributed by atoms with E-state index in [0.29, 0.717) is 10.9 Å². The van der Waals surface area contributed by atoms with Crippen LogP contribution in [-0.4, -0.2) is 5.11 Å². The zero-order valence-electron chi connectivity index (χ0n) is 10.1. The van der Waals surface area contributed by atoms with Gasteiger partial charge >= 0.3 is 6.18 Å². The minimum atomic E-state index is -4.79. The molecular formula is C13H9BrF4OS. The third kappa shape index (κ3) is 2.89. The van der Waals surface area contributed by atoms with E-state index >= 15 is 0 Å². The first kappa shape index (κ1) is 15.5. The molecule has 0 amide bonds. The maximum Gasteiger partial charge on any atom is 0.419 e. The molecule has 0 radical (unpaired) electrons. The molecule has 20 heavy (non-hydrogen) atoms. The quantitative estimate of drug-likeness (QED) is 0.734. The van der Waals surface area contributed by atoms with Gasteiger partial charge in [0.25, 0.3) is 0 Å². The van der Waals surface area contributed by atoms with Crippen LogP contribution in [-0.2, 0) is 6.18 Å². The third-order valence-corrected chi connectivity index (χ3v) is 4.96. The summed E-state index contributed by atoms with van der Waals surface area (Å²) in [5, 5.41) is 10.1. The zero-order valence-corrected chi connectivity index (χ0v) is 12.5. The Labute approximate surface area is 125 Å². The maximum atomic E-state index is 13.9. The van der Waals surface area contributed by atoms with Crippen LogP contribution in [0.25, 0.3) is 0 Å². The van der Waals surface area contributed by atoms with E-state index in [9.17, 15) is 22.7 Å². The minimum absolute atomic E-state index is 0.381. The predicted molar refractivity (Wildman–Crippen MR) is 72.2 cm³/mol. The molecule has 0 saturated carbocycles. The molecular weight excluding hydrogens is 360 g/mol. The van der Waals surface area contributed by atoms with Crippen molar-refractivity contribution in [2.75, 3.05) is 0 Å². The van der Waals surface area contributed by atoms with E-state index < -0.39 is 23.7 Å². The Morgan fingerprint density at radius 1 is 1.30 bits per heavy atom. The van der Waals surface area contributed by atoms with Gasteiger partial charge in [-0.1, -0.05) is 12.1 Å². The smallest absolute Gasteiger partial charge is 0.383 e. The van der Waals surface area contributed by atoms with Crippen molar-refractivity contribution < 1.29 is 22.7 Å². The van der Waals surface area contributed by atoms with Crippen molar-refractivity contribution in [3.63, 3.8) is 0 Å². The highest BCUT2D eigenvalue weighted by Gasteiger charge is 2.35. The molecule has 108 valence electrons. The standard InChI is InChI=1S/C13H9BrF4OS/c1-6-5-9(20-12(6)14)11(19)7-3-2-4-8(10(7)15)13(16,17)18/h2-5,11,19H,1H3. The van der Waals surface area contributed by atoms with E-state index in [1.165, 1.54) is 0 Å². The molecule has 0 aliphatic carbocycles. The van der Waals surface area contributed by atoms with Crippen molar-refractivity contribution in [2.24, 2.45) is 0 Å². The molecule has 0 saturated heterocycles. The van der Waals surface area contributed by atoms with Crippen LogP contribution in [0.2, 0.25) is 0 Å². The fraction of sp³-hybridized carbons (Fsp3) is 0.231. The first-order valence-electron chi connectivity index (χ1n) is 5.51. The van der Waals surface area contributed by atoms with Crippen LogP contribution in [0.4, 0.5) is 17.6 Å². The molecule has 2 rings (SSSR count).